The Bertz CT molecular complexity index is 422. The number of thiophene rings is 1. The molecule has 1 aliphatic rings. The monoisotopic (exact) mass is 269 g/mol. The molecule has 0 unspecified atom stereocenters. The molecule has 0 aromatic carbocycles. The van der Waals surface area contributed by atoms with E-state index < -0.39 is 0 Å². The third-order valence-electron chi connectivity index (χ3n) is 3.28. The summed E-state index contributed by atoms with van der Waals surface area (Å²) in [5.41, 5.74) is 0. The molecule has 1 aliphatic carbocycles. The highest BCUT2D eigenvalue weighted by atomic mass is 32.1. The van der Waals surface area contributed by atoms with Gasteiger partial charge in [-0.2, -0.15) is 0 Å². The first-order chi connectivity index (χ1) is 8.60. The summed E-state index contributed by atoms with van der Waals surface area (Å²) in [6.07, 6.45) is 3.03. The van der Waals surface area contributed by atoms with Gasteiger partial charge in [0.1, 0.15) is 10.6 Å². The minimum absolute atomic E-state index is 0.0636. The van der Waals surface area contributed by atoms with Crippen LogP contribution in [0.25, 0.3) is 0 Å². The van der Waals surface area contributed by atoms with Crippen molar-refractivity contribution in [1.29, 1.82) is 0 Å². The van der Waals surface area contributed by atoms with Gasteiger partial charge in [0.05, 0.1) is 13.2 Å². The summed E-state index contributed by atoms with van der Waals surface area (Å²) in [6.45, 7) is 1.96. The van der Waals surface area contributed by atoms with Gasteiger partial charge in [0.2, 0.25) is 0 Å². The van der Waals surface area contributed by atoms with Crippen molar-refractivity contribution in [3.05, 3.63) is 15.8 Å². The van der Waals surface area contributed by atoms with Crippen LogP contribution in [-0.4, -0.2) is 30.3 Å². The van der Waals surface area contributed by atoms with Crippen molar-refractivity contribution in [2.45, 2.75) is 44.8 Å². The molecule has 1 heterocycles. The number of rotatable bonds is 3. The van der Waals surface area contributed by atoms with Gasteiger partial charge in [0.15, 0.2) is 0 Å². The van der Waals surface area contributed by atoms with Crippen LogP contribution in [0, 0.1) is 6.92 Å². The quantitative estimate of drug-likeness (QED) is 0.883. The van der Waals surface area contributed by atoms with Crippen molar-refractivity contribution in [1.82, 2.24) is 5.32 Å². The SMILES string of the molecule is COc1cc(C)sc1C(=O)NC1CCC(O)CC1. The molecule has 100 valence electrons. The normalized spacial score (nSPS) is 23.7. The zero-order valence-corrected chi connectivity index (χ0v) is 11.5. The second-order valence-electron chi connectivity index (χ2n) is 4.73. The van der Waals surface area contributed by atoms with E-state index in [1.165, 1.54) is 11.3 Å². The van der Waals surface area contributed by atoms with E-state index in [2.05, 4.69) is 5.32 Å². The Hall–Kier alpha value is -1.07. The Morgan fingerprint density at radius 2 is 2.11 bits per heavy atom. The Balaban J connectivity index is 1.99. The number of amides is 1. The molecule has 2 rings (SSSR count). The van der Waals surface area contributed by atoms with E-state index in [4.69, 9.17) is 4.74 Å². The molecule has 1 saturated carbocycles. The Morgan fingerprint density at radius 3 is 2.72 bits per heavy atom. The molecule has 1 fully saturated rings. The summed E-state index contributed by atoms with van der Waals surface area (Å²) >= 11 is 1.45. The lowest BCUT2D eigenvalue weighted by Gasteiger charge is -2.26. The van der Waals surface area contributed by atoms with Crippen LogP contribution in [0.3, 0.4) is 0 Å². The van der Waals surface area contributed by atoms with E-state index in [9.17, 15) is 9.90 Å². The molecular formula is C13H19NO3S. The third kappa shape index (κ3) is 3.03. The molecule has 0 radical (unpaired) electrons. The molecule has 1 aromatic heterocycles. The van der Waals surface area contributed by atoms with Crippen LogP contribution < -0.4 is 10.1 Å². The number of aryl methyl sites for hydroxylation is 1. The van der Waals surface area contributed by atoms with E-state index in [-0.39, 0.29) is 18.1 Å². The predicted molar refractivity (Wildman–Crippen MR) is 71.3 cm³/mol. The molecule has 2 N–H and O–H groups in total. The smallest absolute Gasteiger partial charge is 0.265 e. The summed E-state index contributed by atoms with van der Waals surface area (Å²) in [5, 5.41) is 12.5. The maximum Gasteiger partial charge on any atom is 0.265 e. The number of nitrogens with one attached hydrogen (secondary N) is 1. The van der Waals surface area contributed by atoms with Crippen molar-refractivity contribution in [2.24, 2.45) is 0 Å². The number of aliphatic hydroxyl groups excluding tert-OH is 1. The van der Waals surface area contributed by atoms with Gasteiger partial charge in [-0.3, -0.25) is 4.79 Å². The van der Waals surface area contributed by atoms with Crippen molar-refractivity contribution in [2.75, 3.05) is 7.11 Å². The van der Waals surface area contributed by atoms with Crippen molar-refractivity contribution in [3.8, 4) is 5.75 Å². The first-order valence-corrected chi connectivity index (χ1v) is 7.05. The van der Waals surface area contributed by atoms with Crippen LogP contribution in [0.15, 0.2) is 6.07 Å². The average molecular weight is 269 g/mol. The van der Waals surface area contributed by atoms with Gasteiger partial charge < -0.3 is 15.2 Å². The zero-order valence-electron chi connectivity index (χ0n) is 10.7. The molecule has 4 nitrogen and oxygen atoms in total. The molecule has 0 spiro atoms. The summed E-state index contributed by atoms with van der Waals surface area (Å²) in [5.74, 6) is 0.581. The van der Waals surface area contributed by atoms with Crippen molar-refractivity contribution in [3.63, 3.8) is 0 Å². The lowest BCUT2D eigenvalue weighted by atomic mass is 9.93. The van der Waals surface area contributed by atoms with Crippen LogP contribution in [0.2, 0.25) is 0 Å². The van der Waals surface area contributed by atoms with Gasteiger partial charge in [-0.05, 0) is 38.7 Å². The van der Waals surface area contributed by atoms with Crippen LogP contribution in [0.5, 0.6) is 5.75 Å². The highest BCUT2D eigenvalue weighted by Gasteiger charge is 2.23. The summed E-state index contributed by atoms with van der Waals surface area (Å²) in [6, 6.07) is 2.05. The van der Waals surface area contributed by atoms with E-state index in [1.54, 1.807) is 7.11 Å². The van der Waals surface area contributed by atoms with Crippen LogP contribution in [-0.2, 0) is 0 Å². The molecule has 1 aromatic rings. The van der Waals surface area contributed by atoms with Gasteiger partial charge >= 0.3 is 0 Å². The van der Waals surface area contributed by atoms with Gasteiger partial charge in [0, 0.05) is 10.9 Å². The maximum atomic E-state index is 12.1. The zero-order chi connectivity index (χ0) is 13.1. The largest absolute Gasteiger partial charge is 0.495 e. The first kappa shape index (κ1) is 13.4. The molecule has 5 heteroatoms. The lowest BCUT2D eigenvalue weighted by molar-refractivity contribution is 0.0869. The fourth-order valence-corrected chi connectivity index (χ4v) is 3.15. The van der Waals surface area contributed by atoms with Crippen LogP contribution in [0.4, 0.5) is 0 Å². The molecular weight excluding hydrogens is 250 g/mol. The first-order valence-electron chi connectivity index (χ1n) is 6.23. The topological polar surface area (TPSA) is 58.6 Å². The minimum Gasteiger partial charge on any atom is -0.495 e. The Morgan fingerprint density at radius 1 is 1.44 bits per heavy atom. The second kappa shape index (κ2) is 5.71. The molecule has 1 amide bonds. The number of ether oxygens (including phenoxy) is 1. The maximum absolute atomic E-state index is 12.1. The molecule has 0 atom stereocenters. The van der Waals surface area contributed by atoms with Gasteiger partial charge in [-0.15, -0.1) is 11.3 Å². The lowest BCUT2D eigenvalue weighted by Crippen LogP contribution is -2.38. The highest BCUT2D eigenvalue weighted by Crippen LogP contribution is 2.29. The van der Waals surface area contributed by atoms with E-state index in [0.717, 1.165) is 30.6 Å². The van der Waals surface area contributed by atoms with Gasteiger partial charge in [-0.1, -0.05) is 0 Å². The van der Waals surface area contributed by atoms with Crippen LogP contribution >= 0.6 is 11.3 Å². The van der Waals surface area contributed by atoms with E-state index >= 15 is 0 Å². The van der Waals surface area contributed by atoms with Crippen molar-refractivity contribution < 1.29 is 14.6 Å². The molecule has 0 aliphatic heterocycles. The van der Waals surface area contributed by atoms with Crippen LogP contribution in [0.1, 0.15) is 40.2 Å². The van der Waals surface area contributed by atoms with Crippen molar-refractivity contribution >= 4 is 17.2 Å². The number of aliphatic hydroxyl groups is 1. The summed E-state index contributed by atoms with van der Waals surface area (Å²) in [4.78, 5) is 13.9. The third-order valence-corrected chi connectivity index (χ3v) is 4.31. The van der Waals surface area contributed by atoms with Gasteiger partial charge in [-0.25, -0.2) is 0 Å². The fraction of sp³-hybridized carbons (Fsp3) is 0.615. The standard InChI is InChI=1S/C13H19NO3S/c1-8-7-11(17-2)12(18-8)13(16)14-9-3-5-10(15)6-4-9/h7,9-10,15H,3-6H2,1-2H3,(H,14,16). The number of hydrogen-bond donors (Lipinski definition) is 2. The predicted octanol–water partition coefficient (Wildman–Crippen LogP) is 2.10. The molecule has 0 saturated heterocycles. The minimum atomic E-state index is -0.198. The summed E-state index contributed by atoms with van der Waals surface area (Å²) in [7, 11) is 1.58. The number of hydrogen-bond acceptors (Lipinski definition) is 4. The Kier molecular flexibility index (Phi) is 4.24. The number of carbonyl (C=O) groups is 1. The Labute approximate surface area is 111 Å². The molecule has 0 bridgehead atoms. The van der Waals surface area contributed by atoms with E-state index in [1.807, 2.05) is 13.0 Å². The van der Waals surface area contributed by atoms with Gasteiger partial charge in [0.25, 0.3) is 5.91 Å². The van der Waals surface area contributed by atoms with E-state index in [0.29, 0.717) is 10.6 Å². The average Bonchev–Trinajstić information content (AvgIpc) is 2.73. The number of carbonyl (C=O) groups excluding carboxylic acids is 1. The molecule has 18 heavy (non-hydrogen) atoms. The number of methoxy groups -OCH3 is 1. The fourth-order valence-electron chi connectivity index (χ4n) is 2.27. The second-order valence-corrected chi connectivity index (χ2v) is 5.99. The highest BCUT2D eigenvalue weighted by molar-refractivity contribution is 7.14. The summed E-state index contributed by atoms with van der Waals surface area (Å²) < 4.78 is 5.20.